The summed E-state index contributed by atoms with van der Waals surface area (Å²) in [7, 11) is 1.72. The van der Waals surface area contributed by atoms with E-state index in [1.165, 1.54) is 4.68 Å². The second-order valence-electron chi connectivity index (χ2n) is 6.83. The van der Waals surface area contributed by atoms with E-state index in [2.05, 4.69) is 21.0 Å². The molecule has 1 aliphatic heterocycles. The van der Waals surface area contributed by atoms with Gasteiger partial charge in [0.05, 0.1) is 11.4 Å². The topological polar surface area (TPSA) is 56.0 Å². The number of benzene rings is 1. The van der Waals surface area contributed by atoms with Gasteiger partial charge in [-0.3, -0.25) is 9.88 Å². The van der Waals surface area contributed by atoms with Crippen LogP contribution in [0.3, 0.4) is 0 Å². The van der Waals surface area contributed by atoms with Crippen LogP contribution in [-0.2, 0) is 13.6 Å². The molecule has 4 rings (SSSR count). The molecule has 0 N–H and O–H groups in total. The molecule has 0 saturated carbocycles. The minimum atomic E-state index is -0.0898. The van der Waals surface area contributed by atoms with Gasteiger partial charge in [0.25, 0.3) is 0 Å². The SMILES string of the molecule is Cn1nc([C@H]2CCCN(Cc3ccccn3)C2)n(-c2ccccc2)c1=O. The van der Waals surface area contributed by atoms with Gasteiger partial charge in [0.15, 0.2) is 0 Å². The van der Waals surface area contributed by atoms with Gasteiger partial charge in [-0.2, -0.15) is 5.10 Å². The molecule has 26 heavy (non-hydrogen) atoms. The van der Waals surface area contributed by atoms with E-state index in [0.717, 1.165) is 49.7 Å². The number of rotatable bonds is 4. The van der Waals surface area contributed by atoms with E-state index < -0.39 is 0 Å². The van der Waals surface area contributed by atoms with Crippen LogP contribution in [0.2, 0.25) is 0 Å². The Kier molecular flexibility index (Phi) is 4.67. The summed E-state index contributed by atoms with van der Waals surface area (Å²) in [6.07, 6.45) is 3.97. The highest BCUT2D eigenvalue weighted by Crippen LogP contribution is 2.27. The molecular formula is C20H23N5O. The van der Waals surface area contributed by atoms with E-state index in [1.54, 1.807) is 11.6 Å². The smallest absolute Gasteiger partial charge is 0.297 e. The number of piperidine rings is 1. The molecule has 1 aromatic carbocycles. The standard InChI is InChI=1S/C20H23N5O/c1-23-20(26)25(18-10-3-2-4-11-18)19(22-23)16-8-7-13-24(14-16)15-17-9-5-6-12-21-17/h2-6,9-12,16H,7-8,13-15H2,1H3/t16-/m0/s1. The van der Waals surface area contributed by atoms with Crippen LogP contribution in [0.1, 0.15) is 30.3 Å². The molecule has 0 radical (unpaired) electrons. The molecule has 1 aliphatic rings. The van der Waals surface area contributed by atoms with Crippen LogP contribution in [-0.4, -0.2) is 37.3 Å². The maximum absolute atomic E-state index is 12.6. The van der Waals surface area contributed by atoms with E-state index >= 15 is 0 Å². The molecule has 6 nitrogen and oxygen atoms in total. The lowest BCUT2D eigenvalue weighted by molar-refractivity contribution is 0.193. The van der Waals surface area contributed by atoms with Crippen LogP contribution in [0, 0.1) is 0 Å². The summed E-state index contributed by atoms with van der Waals surface area (Å²) in [6, 6.07) is 15.8. The molecule has 6 heteroatoms. The second-order valence-corrected chi connectivity index (χ2v) is 6.83. The van der Waals surface area contributed by atoms with Crippen LogP contribution < -0.4 is 5.69 Å². The van der Waals surface area contributed by atoms with Gasteiger partial charge in [-0.25, -0.2) is 14.0 Å². The third kappa shape index (κ3) is 3.32. The molecule has 2 aromatic heterocycles. The number of likely N-dealkylation sites (tertiary alicyclic amines) is 1. The van der Waals surface area contributed by atoms with Crippen molar-refractivity contribution in [3.05, 3.63) is 76.7 Å². The van der Waals surface area contributed by atoms with Crippen molar-refractivity contribution < 1.29 is 0 Å². The van der Waals surface area contributed by atoms with Gasteiger partial charge >= 0.3 is 5.69 Å². The van der Waals surface area contributed by atoms with Gasteiger partial charge in [-0.1, -0.05) is 24.3 Å². The summed E-state index contributed by atoms with van der Waals surface area (Å²) < 4.78 is 3.20. The van der Waals surface area contributed by atoms with Crippen LogP contribution in [0.15, 0.2) is 59.5 Å². The van der Waals surface area contributed by atoms with Gasteiger partial charge in [-0.05, 0) is 43.7 Å². The highest BCUT2D eigenvalue weighted by Gasteiger charge is 2.27. The summed E-state index contributed by atoms with van der Waals surface area (Å²) in [6.45, 7) is 2.77. The van der Waals surface area contributed by atoms with Crippen molar-refractivity contribution in [1.82, 2.24) is 24.2 Å². The van der Waals surface area contributed by atoms with E-state index in [-0.39, 0.29) is 11.6 Å². The van der Waals surface area contributed by atoms with Crippen LogP contribution >= 0.6 is 0 Å². The zero-order valence-corrected chi connectivity index (χ0v) is 15.0. The van der Waals surface area contributed by atoms with Crippen molar-refractivity contribution in [3.63, 3.8) is 0 Å². The Morgan fingerprint density at radius 1 is 1.12 bits per heavy atom. The van der Waals surface area contributed by atoms with Crippen molar-refractivity contribution in [1.29, 1.82) is 0 Å². The molecule has 1 atom stereocenters. The first-order valence-corrected chi connectivity index (χ1v) is 9.06. The Hall–Kier alpha value is -2.73. The van der Waals surface area contributed by atoms with Crippen molar-refractivity contribution in [3.8, 4) is 5.69 Å². The molecule has 134 valence electrons. The van der Waals surface area contributed by atoms with Crippen molar-refractivity contribution >= 4 is 0 Å². The van der Waals surface area contributed by atoms with E-state index in [9.17, 15) is 4.79 Å². The number of nitrogens with zero attached hydrogens (tertiary/aromatic N) is 5. The van der Waals surface area contributed by atoms with Gasteiger partial charge in [0.2, 0.25) is 0 Å². The Labute approximate surface area is 152 Å². The van der Waals surface area contributed by atoms with Crippen LogP contribution in [0.5, 0.6) is 0 Å². The molecule has 3 aromatic rings. The minimum absolute atomic E-state index is 0.0898. The molecule has 0 unspecified atom stereocenters. The van der Waals surface area contributed by atoms with Crippen LogP contribution in [0.25, 0.3) is 5.69 Å². The van der Waals surface area contributed by atoms with Crippen molar-refractivity contribution in [2.24, 2.45) is 7.05 Å². The Morgan fingerprint density at radius 2 is 1.92 bits per heavy atom. The average molecular weight is 349 g/mol. The highest BCUT2D eigenvalue weighted by molar-refractivity contribution is 5.33. The summed E-state index contributed by atoms with van der Waals surface area (Å²) in [4.78, 5) is 19.5. The summed E-state index contributed by atoms with van der Waals surface area (Å²) in [5.74, 6) is 1.09. The van der Waals surface area contributed by atoms with Crippen molar-refractivity contribution in [2.75, 3.05) is 13.1 Å². The number of aromatic nitrogens is 4. The lowest BCUT2D eigenvalue weighted by Crippen LogP contribution is -2.35. The van der Waals surface area contributed by atoms with Gasteiger partial charge in [0, 0.05) is 32.3 Å². The molecule has 0 aliphatic carbocycles. The van der Waals surface area contributed by atoms with Gasteiger partial charge < -0.3 is 0 Å². The van der Waals surface area contributed by atoms with E-state index in [4.69, 9.17) is 0 Å². The number of aryl methyl sites for hydroxylation is 1. The first-order chi connectivity index (χ1) is 12.7. The first-order valence-electron chi connectivity index (χ1n) is 9.06. The largest absolute Gasteiger partial charge is 0.350 e. The molecule has 3 heterocycles. The molecule has 0 amide bonds. The maximum Gasteiger partial charge on any atom is 0.350 e. The predicted octanol–water partition coefficient (Wildman–Crippen LogP) is 2.35. The molecular weight excluding hydrogens is 326 g/mol. The van der Waals surface area contributed by atoms with Crippen LogP contribution in [0.4, 0.5) is 0 Å². The first kappa shape index (κ1) is 16.7. The fraction of sp³-hybridized carbons (Fsp3) is 0.350. The average Bonchev–Trinajstić information content (AvgIpc) is 2.98. The maximum atomic E-state index is 12.6. The zero-order valence-electron chi connectivity index (χ0n) is 15.0. The van der Waals surface area contributed by atoms with Gasteiger partial charge in [0.1, 0.15) is 5.82 Å². The lowest BCUT2D eigenvalue weighted by atomic mass is 9.97. The third-order valence-electron chi connectivity index (χ3n) is 4.95. The third-order valence-corrected chi connectivity index (χ3v) is 4.95. The van der Waals surface area contributed by atoms with E-state index in [0.29, 0.717) is 0 Å². The fourth-order valence-corrected chi connectivity index (χ4v) is 3.70. The highest BCUT2D eigenvalue weighted by atomic mass is 16.2. The lowest BCUT2D eigenvalue weighted by Gasteiger charge is -2.32. The Bertz CT molecular complexity index is 916. The normalized spacial score (nSPS) is 18.1. The molecule has 0 bridgehead atoms. The van der Waals surface area contributed by atoms with Crippen molar-refractivity contribution in [2.45, 2.75) is 25.3 Å². The number of hydrogen-bond donors (Lipinski definition) is 0. The predicted molar refractivity (Wildman–Crippen MR) is 100 cm³/mol. The number of hydrogen-bond acceptors (Lipinski definition) is 4. The minimum Gasteiger partial charge on any atom is -0.297 e. The quantitative estimate of drug-likeness (QED) is 0.725. The van der Waals surface area contributed by atoms with E-state index in [1.807, 2.05) is 48.7 Å². The molecule has 1 fully saturated rings. The fourth-order valence-electron chi connectivity index (χ4n) is 3.70. The molecule has 0 spiro atoms. The summed E-state index contributed by atoms with van der Waals surface area (Å²) >= 11 is 0. The molecule has 1 saturated heterocycles. The Morgan fingerprint density at radius 3 is 2.69 bits per heavy atom. The number of para-hydroxylation sites is 1. The second kappa shape index (κ2) is 7.25. The zero-order chi connectivity index (χ0) is 17.9. The summed E-state index contributed by atoms with van der Waals surface area (Å²) in [5.41, 5.74) is 1.87. The Balaban J connectivity index is 1.61. The van der Waals surface area contributed by atoms with Gasteiger partial charge in [-0.15, -0.1) is 0 Å². The number of pyridine rings is 1. The monoisotopic (exact) mass is 349 g/mol. The summed E-state index contributed by atoms with van der Waals surface area (Å²) in [5, 5.41) is 4.58.